The Hall–Kier alpha value is -1.56. The SMILES string of the molecule is CCCS(=O)(=O)CCC(=O)C1CNc2ccccc2O1. The number of carbonyl (C=O) groups is 1. The molecule has 1 heterocycles. The van der Waals surface area contributed by atoms with Crippen molar-refractivity contribution in [3.8, 4) is 5.75 Å². The van der Waals surface area contributed by atoms with Gasteiger partial charge in [0.1, 0.15) is 5.75 Å². The molecule has 0 aromatic heterocycles. The van der Waals surface area contributed by atoms with Crippen LogP contribution in [-0.4, -0.2) is 38.4 Å². The number of carbonyl (C=O) groups excluding carboxylic acids is 1. The van der Waals surface area contributed by atoms with E-state index in [1.54, 1.807) is 6.07 Å². The average Bonchev–Trinajstić information content (AvgIpc) is 2.44. The maximum atomic E-state index is 12.0. The quantitative estimate of drug-likeness (QED) is 0.864. The van der Waals surface area contributed by atoms with E-state index in [4.69, 9.17) is 4.74 Å². The molecule has 1 unspecified atom stereocenters. The van der Waals surface area contributed by atoms with Crippen molar-refractivity contribution in [1.82, 2.24) is 0 Å². The number of hydrogen-bond donors (Lipinski definition) is 1. The van der Waals surface area contributed by atoms with E-state index in [9.17, 15) is 13.2 Å². The minimum absolute atomic E-state index is 0.0108. The summed E-state index contributed by atoms with van der Waals surface area (Å²) >= 11 is 0. The minimum Gasteiger partial charge on any atom is -0.479 e. The van der Waals surface area contributed by atoms with E-state index in [-0.39, 0.29) is 23.7 Å². The van der Waals surface area contributed by atoms with Crippen molar-refractivity contribution in [3.63, 3.8) is 0 Å². The molecule has 2 rings (SSSR count). The molecule has 0 radical (unpaired) electrons. The number of rotatable bonds is 6. The predicted octanol–water partition coefficient (Wildman–Crippen LogP) is 1.64. The largest absolute Gasteiger partial charge is 0.479 e. The number of hydrogen-bond acceptors (Lipinski definition) is 5. The lowest BCUT2D eigenvalue weighted by Crippen LogP contribution is -2.38. The highest BCUT2D eigenvalue weighted by atomic mass is 32.2. The fourth-order valence-corrected chi connectivity index (χ4v) is 3.46. The molecule has 0 spiro atoms. The van der Waals surface area contributed by atoms with Gasteiger partial charge < -0.3 is 10.1 Å². The molecule has 6 heteroatoms. The molecule has 0 aliphatic carbocycles. The van der Waals surface area contributed by atoms with Crippen LogP contribution in [-0.2, 0) is 14.6 Å². The average molecular weight is 297 g/mol. The van der Waals surface area contributed by atoms with E-state index in [0.717, 1.165) is 5.69 Å². The molecule has 110 valence electrons. The Morgan fingerprint density at radius 3 is 2.85 bits per heavy atom. The van der Waals surface area contributed by atoms with Crippen LogP contribution < -0.4 is 10.1 Å². The van der Waals surface area contributed by atoms with Crippen LogP contribution in [0.4, 0.5) is 5.69 Å². The van der Waals surface area contributed by atoms with Gasteiger partial charge in [0, 0.05) is 12.2 Å². The van der Waals surface area contributed by atoms with E-state index in [0.29, 0.717) is 18.7 Å². The molecule has 5 nitrogen and oxygen atoms in total. The topological polar surface area (TPSA) is 72.5 Å². The second kappa shape index (κ2) is 6.26. The van der Waals surface area contributed by atoms with Crippen molar-refractivity contribution in [2.24, 2.45) is 0 Å². The van der Waals surface area contributed by atoms with Gasteiger partial charge in [-0.25, -0.2) is 8.42 Å². The second-order valence-corrected chi connectivity index (χ2v) is 7.16. The van der Waals surface area contributed by atoms with Crippen molar-refractivity contribution < 1.29 is 17.9 Å². The van der Waals surface area contributed by atoms with Crippen LogP contribution >= 0.6 is 0 Å². The van der Waals surface area contributed by atoms with Gasteiger partial charge in [-0.05, 0) is 18.6 Å². The Labute approximate surface area is 119 Å². The summed E-state index contributed by atoms with van der Waals surface area (Å²) in [6.07, 6.45) is -0.0240. The first-order chi connectivity index (χ1) is 9.52. The highest BCUT2D eigenvalue weighted by Crippen LogP contribution is 2.28. The van der Waals surface area contributed by atoms with Crippen molar-refractivity contribution in [3.05, 3.63) is 24.3 Å². The molecule has 0 fully saturated rings. The van der Waals surface area contributed by atoms with Crippen molar-refractivity contribution >= 4 is 21.3 Å². The molecular formula is C14H19NO4S. The lowest BCUT2D eigenvalue weighted by Gasteiger charge is -2.26. The second-order valence-electron chi connectivity index (χ2n) is 4.85. The highest BCUT2D eigenvalue weighted by molar-refractivity contribution is 7.91. The fourth-order valence-electron chi connectivity index (χ4n) is 2.12. The number of Topliss-reactive ketones (excluding diaryl/α,β-unsaturated/α-hetero) is 1. The number of ether oxygens (including phenoxy) is 1. The van der Waals surface area contributed by atoms with Gasteiger partial charge >= 0.3 is 0 Å². The third-order valence-corrected chi connectivity index (χ3v) is 5.02. The van der Waals surface area contributed by atoms with E-state index in [1.165, 1.54) is 0 Å². The van der Waals surface area contributed by atoms with Crippen LogP contribution in [0, 0.1) is 0 Å². The summed E-state index contributed by atoms with van der Waals surface area (Å²) in [5.41, 5.74) is 0.857. The first kappa shape index (κ1) is 14.8. The molecule has 1 aliphatic rings. The Morgan fingerprint density at radius 2 is 2.10 bits per heavy atom. The Morgan fingerprint density at radius 1 is 1.35 bits per heavy atom. The zero-order chi connectivity index (χ0) is 14.6. The van der Waals surface area contributed by atoms with Crippen LogP contribution in [0.3, 0.4) is 0 Å². The number of anilines is 1. The van der Waals surface area contributed by atoms with Gasteiger partial charge in [0.25, 0.3) is 0 Å². The van der Waals surface area contributed by atoms with Gasteiger partial charge in [-0.2, -0.15) is 0 Å². The van der Waals surface area contributed by atoms with Gasteiger partial charge in [-0.15, -0.1) is 0 Å². The summed E-state index contributed by atoms with van der Waals surface area (Å²) in [6.45, 7) is 2.19. The number of nitrogens with one attached hydrogen (secondary N) is 1. The van der Waals surface area contributed by atoms with E-state index >= 15 is 0 Å². The fraction of sp³-hybridized carbons (Fsp3) is 0.500. The van der Waals surface area contributed by atoms with Gasteiger partial charge in [0.05, 0.1) is 18.0 Å². The minimum atomic E-state index is -3.12. The highest BCUT2D eigenvalue weighted by Gasteiger charge is 2.26. The number of sulfone groups is 1. The van der Waals surface area contributed by atoms with Crippen LogP contribution in [0.25, 0.3) is 0 Å². The number of ketones is 1. The molecule has 0 saturated carbocycles. The van der Waals surface area contributed by atoms with Crippen molar-refractivity contribution in [2.75, 3.05) is 23.4 Å². The lowest BCUT2D eigenvalue weighted by atomic mass is 10.1. The smallest absolute Gasteiger partial charge is 0.176 e. The van der Waals surface area contributed by atoms with Crippen LogP contribution in [0.5, 0.6) is 5.75 Å². The monoisotopic (exact) mass is 297 g/mol. The number of fused-ring (bicyclic) bond motifs is 1. The zero-order valence-corrected chi connectivity index (χ0v) is 12.3. The van der Waals surface area contributed by atoms with E-state index < -0.39 is 15.9 Å². The molecule has 0 bridgehead atoms. The maximum Gasteiger partial charge on any atom is 0.176 e. The van der Waals surface area contributed by atoms with Crippen LogP contribution in [0.1, 0.15) is 19.8 Å². The molecule has 1 N–H and O–H groups in total. The Kier molecular flexibility index (Phi) is 4.65. The molecule has 1 aromatic carbocycles. The van der Waals surface area contributed by atoms with E-state index in [2.05, 4.69) is 5.32 Å². The Bertz CT molecular complexity index is 583. The molecule has 20 heavy (non-hydrogen) atoms. The molecule has 0 amide bonds. The lowest BCUT2D eigenvalue weighted by molar-refractivity contribution is -0.125. The summed E-state index contributed by atoms with van der Waals surface area (Å²) in [7, 11) is -3.12. The first-order valence-electron chi connectivity index (χ1n) is 6.74. The predicted molar refractivity (Wildman–Crippen MR) is 77.9 cm³/mol. The third kappa shape index (κ3) is 3.72. The summed E-state index contributed by atoms with van der Waals surface area (Å²) in [5, 5.41) is 3.12. The van der Waals surface area contributed by atoms with Crippen LogP contribution in [0.2, 0.25) is 0 Å². The summed E-state index contributed by atoms with van der Waals surface area (Å²) in [6, 6.07) is 7.38. The van der Waals surface area contributed by atoms with Crippen molar-refractivity contribution in [2.45, 2.75) is 25.9 Å². The molecule has 0 saturated heterocycles. The number of para-hydroxylation sites is 2. The zero-order valence-electron chi connectivity index (χ0n) is 11.5. The van der Waals surface area contributed by atoms with Gasteiger partial charge in [-0.1, -0.05) is 19.1 Å². The normalized spacial score (nSPS) is 17.8. The van der Waals surface area contributed by atoms with Gasteiger partial charge in [0.2, 0.25) is 0 Å². The molecule has 1 atom stereocenters. The maximum absolute atomic E-state index is 12.0. The van der Waals surface area contributed by atoms with Gasteiger partial charge in [0.15, 0.2) is 21.7 Å². The van der Waals surface area contributed by atoms with Crippen molar-refractivity contribution in [1.29, 1.82) is 0 Å². The van der Waals surface area contributed by atoms with Gasteiger partial charge in [-0.3, -0.25) is 4.79 Å². The first-order valence-corrected chi connectivity index (χ1v) is 8.56. The molecule has 1 aromatic rings. The summed E-state index contributed by atoms with van der Waals surface area (Å²) < 4.78 is 28.8. The molecular weight excluding hydrogens is 278 g/mol. The van der Waals surface area contributed by atoms with Crippen LogP contribution in [0.15, 0.2) is 24.3 Å². The van der Waals surface area contributed by atoms with E-state index in [1.807, 2.05) is 25.1 Å². The standard InChI is InChI=1S/C14H19NO4S/c1-2-8-20(17,18)9-7-12(16)14-10-15-11-5-3-4-6-13(11)19-14/h3-6,14-15H,2,7-10H2,1H3. The Balaban J connectivity index is 1.92. The summed E-state index contributed by atoms with van der Waals surface area (Å²) in [4.78, 5) is 12.0. The number of benzene rings is 1. The summed E-state index contributed by atoms with van der Waals surface area (Å²) in [5.74, 6) is 0.494. The molecule has 1 aliphatic heterocycles. The third-order valence-electron chi connectivity index (χ3n) is 3.17.